The summed E-state index contributed by atoms with van der Waals surface area (Å²) in [5.74, 6) is 0.997. The number of hydrogen-bond donors (Lipinski definition) is 1. The lowest BCUT2D eigenvalue weighted by Crippen LogP contribution is -2.52. The second-order valence-electron chi connectivity index (χ2n) is 6.18. The summed E-state index contributed by atoms with van der Waals surface area (Å²) in [5.41, 5.74) is 1.38. The van der Waals surface area contributed by atoms with Crippen molar-refractivity contribution in [3.05, 3.63) is 35.9 Å². The first kappa shape index (κ1) is 23.1. The smallest absolute Gasteiger partial charge is 0.193 e. The van der Waals surface area contributed by atoms with Crippen molar-refractivity contribution in [1.29, 1.82) is 0 Å². The zero-order valence-corrected chi connectivity index (χ0v) is 18.4. The molecule has 26 heavy (non-hydrogen) atoms. The number of hydrogen-bond acceptors (Lipinski definition) is 4. The fourth-order valence-corrected chi connectivity index (χ4v) is 2.91. The van der Waals surface area contributed by atoms with Crippen molar-refractivity contribution in [2.75, 3.05) is 66.7 Å². The van der Waals surface area contributed by atoms with Crippen molar-refractivity contribution in [1.82, 2.24) is 15.1 Å². The number of methoxy groups -OCH3 is 1. The van der Waals surface area contributed by atoms with E-state index in [1.807, 2.05) is 7.05 Å². The first-order valence-electron chi connectivity index (χ1n) is 9.12. The Kier molecular flexibility index (Phi) is 12.6. The van der Waals surface area contributed by atoms with Gasteiger partial charge in [-0.3, -0.25) is 9.89 Å². The van der Waals surface area contributed by atoms with Gasteiger partial charge in [0.15, 0.2) is 5.96 Å². The topological polar surface area (TPSA) is 49.3 Å². The van der Waals surface area contributed by atoms with Crippen LogP contribution in [0, 0.1) is 0 Å². The number of guanidine groups is 1. The Morgan fingerprint density at radius 2 is 1.81 bits per heavy atom. The molecule has 0 amide bonds. The molecule has 148 valence electrons. The molecule has 7 heteroatoms. The van der Waals surface area contributed by atoms with E-state index in [1.54, 1.807) is 7.11 Å². The quantitative estimate of drug-likeness (QED) is 0.256. The number of benzene rings is 1. The molecule has 1 aliphatic heterocycles. The molecule has 0 saturated carbocycles. The van der Waals surface area contributed by atoms with Gasteiger partial charge in [0.2, 0.25) is 0 Å². The summed E-state index contributed by atoms with van der Waals surface area (Å²) >= 11 is 0. The molecule has 1 N–H and O–H groups in total. The molecule has 0 radical (unpaired) electrons. The first-order chi connectivity index (χ1) is 12.3. The third kappa shape index (κ3) is 8.66. The molecule has 1 aromatic carbocycles. The fourth-order valence-electron chi connectivity index (χ4n) is 2.91. The molecule has 1 saturated heterocycles. The molecule has 0 aliphatic carbocycles. The molecular weight excluding hydrogens is 443 g/mol. The highest BCUT2D eigenvalue weighted by Crippen LogP contribution is 2.08. The maximum Gasteiger partial charge on any atom is 0.193 e. The van der Waals surface area contributed by atoms with E-state index in [0.717, 1.165) is 58.3 Å². The third-order valence-corrected chi connectivity index (χ3v) is 4.31. The Bertz CT molecular complexity index is 494. The second-order valence-corrected chi connectivity index (χ2v) is 6.18. The van der Waals surface area contributed by atoms with Crippen molar-refractivity contribution in [3.63, 3.8) is 0 Å². The van der Waals surface area contributed by atoms with Crippen LogP contribution in [0.25, 0.3) is 0 Å². The van der Waals surface area contributed by atoms with E-state index in [9.17, 15) is 0 Å². The summed E-state index contributed by atoms with van der Waals surface area (Å²) in [6, 6.07) is 10.7. The van der Waals surface area contributed by atoms with Crippen LogP contribution in [-0.2, 0) is 16.0 Å². The van der Waals surface area contributed by atoms with E-state index in [0.29, 0.717) is 13.2 Å². The molecule has 2 rings (SSSR count). The molecule has 0 unspecified atom stereocenters. The van der Waals surface area contributed by atoms with Gasteiger partial charge in [0.1, 0.15) is 0 Å². The summed E-state index contributed by atoms with van der Waals surface area (Å²) in [6.07, 6.45) is 0.969. The zero-order valence-electron chi connectivity index (χ0n) is 16.0. The molecule has 0 bridgehead atoms. The maximum atomic E-state index is 5.48. The van der Waals surface area contributed by atoms with Gasteiger partial charge in [0.05, 0.1) is 13.2 Å². The highest BCUT2D eigenvalue weighted by atomic mass is 127. The minimum atomic E-state index is 0. The van der Waals surface area contributed by atoms with E-state index in [-0.39, 0.29) is 24.0 Å². The monoisotopic (exact) mass is 476 g/mol. The summed E-state index contributed by atoms with van der Waals surface area (Å²) < 4.78 is 10.4. The second kappa shape index (κ2) is 14.2. The van der Waals surface area contributed by atoms with E-state index in [1.165, 1.54) is 5.56 Å². The van der Waals surface area contributed by atoms with Crippen LogP contribution in [0.2, 0.25) is 0 Å². The molecule has 1 aliphatic rings. The van der Waals surface area contributed by atoms with Gasteiger partial charge < -0.3 is 19.7 Å². The predicted molar refractivity (Wildman–Crippen MR) is 117 cm³/mol. The third-order valence-electron chi connectivity index (χ3n) is 4.31. The average Bonchev–Trinajstić information content (AvgIpc) is 2.66. The van der Waals surface area contributed by atoms with E-state index >= 15 is 0 Å². The molecule has 6 nitrogen and oxygen atoms in total. The number of aliphatic imine (C=N–C) groups is 1. The number of nitrogens with one attached hydrogen (secondary N) is 1. The SMILES string of the molecule is CN=C(NCCCOCCOC)N1CCN(Cc2ccccc2)CC1.I. The Labute approximate surface area is 175 Å². The van der Waals surface area contributed by atoms with Crippen molar-refractivity contribution >= 4 is 29.9 Å². The number of piperazine rings is 1. The molecule has 1 heterocycles. The summed E-state index contributed by atoms with van der Waals surface area (Å²) in [6.45, 7) is 8.12. The summed E-state index contributed by atoms with van der Waals surface area (Å²) in [5, 5.41) is 3.44. The van der Waals surface area contributed by atoms with Crippen LogP contribution in [0.5, 0.6) is 0 Å². The largest absolute Gasteiger partial charge is 0.382 e. The Morgan fingerprint density at radius 1 is 1.08 bits per heavy atom. The predicted octanol–water partition coefficient (Wildman–Crippen LogP) is 2.05. The number of nitrogens with zero attached hydrogens (tertiary/aromatic N) is 3. The van der Waals surface area contributed by atoms with Crippen molar-refractivity contribution < 1.29 is 9.47 Å². The molecule has 0 atom stereocenters. The van der Waals surface area contributed by atoms with E-state index < -0.39 is 0 Å². The summed E-state index contributed by atoms with van der Waals surface area (Å²) in [4.78, 5) is 9.26. The van der Waals surface area contributed by atoms with Crippen molar-refractivity contribution in [3.8, 4) is 0 Å². The van der Waals surface area contributed by atoms with Gasteiger partial charge in [-0.1, -0.05) is 30.3 Å². The standard InChI is InChI=1S/C19H32N4O2.HI/c1-20-19(21-9-6-14-25-16-15-24-2)23-12-10-22(11-13-23)17-18-7-4-3-5-8-18;/h3-5,7-8H,6,9-17H2,1-2H3,(H,20,21);1H. The van der Waals surface area contributed by atoms with Crippen LogP contribution in [0.3, 0.4) is 0 Å². The summed E-state index contributed by atoms with van der Waals surface area (Å²) in [7, 11) is 3.54. The van der Waals surface area contributed by atoms with E-state index in [2.05, 4.69) is 50.4 Å². The number of ether oxygens (including phenoxy) is 2. The average molecular weight is 476 g/mol. The van der Waals surface area contributed by atoms with Crippen LogP contribution in [0.1, 0.15) is 12.0 Å². The zero-order chi connectivity index (χ0) is 17.7. The lowest BCUT2D eigenvalue weighted by atomic mass is 10.2. The molecule has 0 spiro atoms. The highest BCUT2D eigenvalue weighted by Gasteiger charge is 2.19. The van der Waals surface area contributed by atoms with Crippen LogP contribution in [0.15, 0.2) is 35.3 Å². The maximum absolute atomic E-state index is 5.48. The fraction of sp³-hybridized carbons (Fsp3) is 0.632. The molecule has 0 aromatic heterocycles. The minimum Gasteiger partial charge on any atom is -0.382 e. The lowest BCUT2D eigenvalue weighted by Gasteiger charge is -2.36. The minimum absolute atomic E-state index is 0. The van der Waals surface area contributed by atoms with Gasteiger partial charge in [-0.25, -0.2) is 0 Å². The Morgan fingerprint density at radius 3 is 2.46 bits per heavy atom. The Balaban J connectivity index is 0.00000338. The van der Waals surface area contributed by atoms with Crippen molar-refractivity contribution in [2.45, 2.75) is 13.0 Å². The normalized spacial score (nSPS) is 15.6. The van der Waals surface area contributed by atoms with Crippen LogP contribution in [-0.4, -0.2) is 82.5 Å². The lowest BCUT2D eigenvalue weighted by molar-refractivity contribution is 0.0697. The van der Waals surface area contributed by atoms with Crippen LogP contribution < -0.4 is 5.32 Å². The highest BCUT2D eigenvalue weighted by molar-refractivity contribution is 14.0. The van der Waals surface area contributed by atoms with Gasteiger partial charge in [0.25, 0.3) is 0 Å². The van der Waals surface area contributed by atoms with Gasteiger partial charge in [0, 0.05) is 60.0 Å². The number of rotatable bonds is 9. The molecular formula is C19H33IN4O2. The van der Waals surface area contributed by atoms with Crippen molar-refractivity contribution in [2.24, 2.45) is 4.99 Å². The van der Waals surface area contributed by atoms with Crippen LogP contribution in [0.4, 0.5) is 0 Å². The van der Waals surface area contributed by atoms with E-state index in [4.69, 9.17) is 9.47 Å². The van der Waals surface area contributed by atoms with Gasteiger partial charge >= 0.3 is 0 Å². The van der Waals surface area contributed by atoms with Gasteiger partial charge in [-0.2, -0.15) is 0 Å². The molecule has 1 fully saturated rings. The van der Waals surface area contributed by atoms with Gasteiger partial charge in [-0.05, 0) is 12.0 Å². The first-order valence-corrected chi connectivity index (χ1v) is 9.12. The Hall–Kier alpha value is -0.900. The van der Waals surface area contributed by atoms with Gasteiger partial charge in [-0.15, -0.1) is 24.0 Å². The van der Waals surface area contributed by atoms with Crippen LogP contribution >= 0.6 is 24.0 Å². The molecule has 1 aromatic rings. The number of halogens is 1.